The molecular weight excluding hydrogens is 244 g/mol. The van der Waals surface area contributed by atoms with E-state index in [-0.39, 0.29) is 0 Å². The number of carbonyl (C=O) groups is 1. The zero-order valence-corrected chi connectivity index (χ0v) is 12.9. The summed E-state index contributed by atoms with van der Waals surface area (Å²) in [6, 6.07) is 8.68. The molecule has 1 aromatic carbocycles. The zero-order valence-electron chi connectivity index (χ0n) is 12.9. The Morgan fingerprint density at radius 1 is 1.20 bits per heavy atom. The van der Waals surface area contributed by atoms with Crippen LogP contribution in [0.4, 0.5) is 0 Å². The summed E-state index contributed by atoms with van der Waals surface area (Å²) in [5.74, 6) is 1.15. The van der Waals surface area contributed by atoms with Crippen LogP contribution in [0.1, 0.15) is 44.7 Å². The number of carbonyl (C=O) groups excluding carboxylic acids is 1. The molecule has 0 spiro atoms. The first-order chi connectivity index (χ1) is 9.52. The molecule has 0 radical (unpaired) electrons. The predicted molar refractivity (Wildman–Crippen MR) is 85.5 cm³/mol. The van der Waals surface area contributed by atoms with Gasteiger partial charge in [-0.15, -0.1) is 0 Å². The monoisotopic (exact) mass is 268 g/mol. The van der Waals surface area contributed by atoms with Crippen LogP contribution in [-0.2, 0) is 4.79 Å². The first-order valence-electron chi connectivity index (χ1n) is 7.43. The molecule has 1 heteroatoms. The Labute approximate surface area is 122 Å². The molecule has 2 rings (SSSR count). The molecule has 1 nitrogen and oxygen atoms in total. The minimum absolute atomic E-state index is 0.547. The van der Waals surface area contributed by atoms with Crippen molar-refractivity contribution in [2.24, 2.45) is 11.8 Å². The molecule has 0 heterocycles. The molecule has 0 bridgehead atoms. The molecule has 20 heavy (non-hydrogen) atoms. The summed E-state index contributed by atoms with van der Waals surface area (Å²) in [4.78, 5) is 10.9. The van der Waals surface area contributed by atoms with E-state index in [4.69, 9.17) is 0 Å². The van der Waals surface area contributed by atoms with Crippen LogP contribution in [0.3, 0.4) is 0 Å². The Hall–Kier alpha value is -1.63. The molecule has 0 saturated carbocycles. The maximum absolute atomic E-state index is 10.9. The number of aldehydes is 1. The Morgan fingerprint density at radius 2 is 1.85 bits per heavy atom. The van der Waals surface area contributed by atoms with Gasteiger partial charge in [-0.05, 0) is 43.2 Å². The Bertz CT molecular complexity index is 544. The van der Waals surface area contributed by atoms with Gasteiger partial charge >= 0.3 is 0 Å². The average Bonchev–Trinajstić information content (AvgIpc) is 2.41. The molecule has 1 aliphatic carbocycles. The van der Waals surface area contributed by atoms with Gasteiger partial charge < -0.3 is 4.79 Å². The largest absolute Gasteiger partial charge is 0.303 e. The van der Waals surface area contributed by atoms with Crippen molar-refractivity contribution in [3.05, 3.63) is 52.6 Å². The fraction of sp³-hybridized carbons (Fsp3) is 0.421. The first kappa shape index (κ1) is 14.8. The van der Waals surface area contributed by atoms with Crippen molar-refractivity contribution in [3.8, 4) is 0 Å². The third-order valence-electron chi connectivity index (χ3n) is 4.32. The van der Waals surface area contributed by atoms with Crippen LogP contribution in [0.25, 0.3) is 5.57 Å². The number of rotatable bonds is 4. The fourth-order valence-electron chi connectivity index (χ4n) is 3.04. The number of hydrogen-bond donors (Lipinski definition) is 0. The summed E-state index contributed by atoms with van der Waals surface area (Å²) >= 11 is 0. The number of aryl methyl sites for hydroxylation is 1. The van der Waals surface area contributed by atoms with Crippen molar-refractivity contribution < 1.29 is 4.79 Å². The maximum Gasteiger partial charge on any atom is 0.124 e. The molecule has 0 aromatic heterocycles. The molecule has 1 atom stereocenters. The lowest BCUT2D eigenvalue weighted by Crippen LogP contribution is -2.16. The zero-order chi connectivity index (χ0) is 14.7. The van der Waals surface area contributed by atoms with Crippen LogP contribution >= 0.6 is 0 Å². The molecule has 1 unspecified atom stereocenters. The van der Waals surface area contributed by atoms with Crippen LogP contribution < -0.4 is 0 Å². The molecule has 1 aromatic rings. The van der Waals surface area contributed by atoms with E-state index in [9.17, 15) is 4.79 Å². The molecule has 1 aliphatic rings. The van der Waals surface area contributed by atoms with E-state index in [0.717, 1.165) is 12.7 Å². The number of hydrogen-bond acceptors (Lipinski definition) is 1. The van der Waals surface area contributed by atoms with E-state index < -0.39 is 0 Å². The minimum atomic E-state index is 0.547. The second-order valence-electron chi connectivity index (χ2n) is 6.19. The van der Waals surface area contributed by atoms with Gasteiger partial charge in [0.1, 0.15) is 6.29 Å². The van der Waals surface area contributed by atoms with Gasteiger partial charge in [0, 0.05) is 6.42 Å². The average molecular weight is 268 g/mol. The van der Waals surface area contributed by atoms with Crippen molar-refractivity contribution in [3.63, 3.8) is 0 Å². The highest BCUT2D eigenvalue weighted by atomic mass is 16.1. The van der Waals surface area contributed by atoms with E-state index in [1.54, 1.807) is 0 Å². The number of benzene rings is 1. The molecule has 0 fully saturated rings. The van der Waals surface area contributed by atoms with Crippen LogP contribution in [-0.4, -0.2) is 6.29 Å². The van der Waals surface area contributed by atoms with Gasteiger partial charge in [0.05, 0.1) is 0 Å². The van der Waals surface area contributed by atoms with E-state index in [2.05, 4.69) is 58.0 Å². The highest BCUT2D eigenvalue weighted by Gasteiger charge is 2.24. The summed E-state index contributed by atoms with van der Waals surface area (Å²) < 4.78 is 0. The first-order valence-corrected chi connectivity index (χ1v) is 7.43. The standard InChI is InChI=1S/C19H24O/c1-13(2)18-11-16(9-10-20)12-19(15(18)4)17-7-5-14(3)6-8-17/h5-8,10,12-13,18H,9,11H2,1-4H3. The predicted octanol–water partition coefficient (Wildman–Crippen LogP) is 4.96. The van der Waals surface area contributed by atoms with Gasteiger partial charge in [0.25, 0.3) is 0 Å². The second kappa shape index (κ2) is 6.21. The minimum Gasteiger partial charge on any atom is -0.303 e. The van der Waals surface area contributed by atoms with Gasteiger partial charge in [-0.25, -0.2) is 0 Å². The van der Waals surface area contributed by atoms with E-state index in [0.29, 0.717) is 18.3 Å². The highest BCUT2D eigenvalue weighted by molar-refractivity contribution is 5.79. The third-order valence-corrected chi connectivity index (χ3v) is 4.32. The lowest BCUT2D eigenvalue weighted by Gasteiger charge is -2.29. The van der Waals surface area contributed by atoms with Crippen molar-refractivity contribution in [1.82, 2.24) is 0 Å². The van der Waals surface area contributed by atoms with Crippen molar-refractivity contribution in [2.75, 3.05) is 0 Å². The van der Waals surface area contributed by atoms with Gasteiger partial charge in [-0.3, -0.25) is 0 Å². The number of allylic oxidation sites excluding steroid dienone is 4. The Morgan fingerprint density at radius 3 is 2.40 bits per heavy atom. The Balaban J connectivity index is 2.46. The highest BCUT2D eigenvalue weighted by Crippen LogP contribution is 2.39. The topological polar surface area (TPSA) is 17.1 Å². The fourth-order valence-corrected chi connectivity index (χ4v) is 3.04. The van der Waals surface area contributed by atoms with Crippen molar-refractivity contribution >= 4 is 11.9 Å². The van der Waals surface area contributed by atoms with E-state index in [1.165, 1.54) is 27.8 Å². The summed E-state index contributed by atoms with van der Waals surface area (Å²) in [5.41, 5.74) is 6.58. The maximum atomic E-state index is 10.9. The van der Waals surface area contributed by atoms with Crippen LogP contribution in [0.15, 0.2) is 41.5 Å². The van der Waals surface area contributed by atoms with Crippen LogP contribution in [0.2, 0.25) is 0 Å². The molecule has 106 valence electrons. The molecule has 0 amide bonds. The summed E-state index contributed by atoms with van der Waals surface area (Å²) in [6.45, 7) is 8.89. The van der Waals surface area contributed by atoms with Gasteiger partial charge in [0.2, 0.25) is 0 Å². The molecular formula is C19H24O. The van der Waals surface area contributed by atoms with Crippen LogP contribution in [0.5, 0.6) is 0 Å². The van der Waals surface area contributed by atoms with Crippen LogP contribution in [0, 0.1) is 18.8 Å². The normalized spacial score (nSPS) is 19.2. The van der Waals surface area contributed by atoms with Gasteiger partial charge in [0.15, 0.2) is 0 Å². The lowest BCUT2D eigenvalue weighted by atomic mass is 9.75. The molecule has 0 aliphatic heterocycles. The molecule has 0 saturated heterocycles. The van der Waals surface area contributed by atoms with Crippen molar-refractivity contribution in [1.29, 1.82) is 0 Å². The summed E-state index contributed by atoms with van der Waals surface area (Å²) in [7, 11) is 0. The van der Waals surface area contributed by atoms with E-state index >= 15 is 0 Å². The van der Waals surface area contributed by atoms with Gasteiger partial charge in [-0.1, -0.05) is 60.9 Å². The third kappa shape index (κ3) is 3.09. The smallest absolute Gasteiger partial charge is 0.124 e. The summed E-state index contributed by atoms with van der Waals surface area (Å²) in [6.07, 6.45) is 4.84. The van der Waals surface area contributed by atoms with Gasteiger partial charge in [-0.2, -0.15) is 0 Å². The summed E-state index contributed by atoms with van der Waals surface area (Å²) in [5, 5.41) is 0. The SMILES string of the molecule is CC1=C(c2ccc(C)cc2)C=C(CC=O)CC1C(C)C. The Kier molecular flexibility index (Phi) is 4.59. The molecule has 0 N–H and O–H groups in total. The van der Waals surface area contributed by atoms with E-state index in [1.807, 2.05) is 0 Å². The quantitative estimate of drug-likeness (QED) is 0.705. The lowest BCUT2D eigenvalue weighted by molar-refractivity contribution is -0.107. The second-order valence-corrected chi connectivity index (χ2v) is 6.19. The van der Waals surface area contributed by atoms with Crippen molar-refractivity contribution in [2.45, 2.75) is 40.5 Å².